The van der Waals surface area contributed by atoms with Crippen molar-refractivity contribution in [3.05, 3.63) is 65.2 Å². The molecule has 2 atom stereocenters. The molecule has 1 aliphatic heterocycles. The van der Waals surface area contributed by atoms with Crippen molar-refractivity contribution < 1.29 is 4.79 Å². The van der Waals surface area contributed by atoms with Crippen molar-refractivity contribution in [2.45, 2.75) is 39.3 Å². The number of piperidine rings is 1. The van der Waals surface area contributed by atoms with Crippen LogP contribution in [0.5, 0.6) is 0 Å². The smallest absolute Gasteiger partial charge is 0.245 e. The van der Waals surface area contributed by atoms with Gasteiger partial charge in [-0.3, -0.25) is 9.69 Å². The molecule has 1 heterocycles. The largest absolute Gasteiger partial charge is 0.324 e. The van der Waals surface area contributed by atoms with Gasteiger partial charge in [0.2, 0.25) is 5.91 Å². The predicted molar refractivity (Wildman–Crippen MR) is 121 cm³/mol. The molecule has 2 aromatic carbocycles. The molecule has 3 N–H and O–H groups in total. The maximum atomic E-state index is 12.4. The van der Waals surface area contributed by atoms with Gasteiger partial charge in [0, 0.05) is 18.8 Å². The molecule has 0 bridgehead atoms. The Morgan fingerprint density at radius 3 is 2.39 bits per heavy atom. The van der Waals surface area contributed by atoms with Gasteiger partial charge in [-0.25, -0.2) is 0 Å². The van der Waals surface area contributed by atoms with Crippen LogP contribution in [0.2, 0.25) is 0 Å². The third-order valence-electron chi connectivity index (χ3n) is 5.09. The highest BCUT2D eigenvalue weighted by Crippen LogP contribution is 2.19. The summed E-state index contributed by atoms with van der Waals surface area (Å²) in [6.07, 6.45) is 2.62. The van der Waals surface area contributed by atoms with Crippen LogP contribution in [0.15, 0.2) is 48.5 Å². The van der Waals surface area contributed by atoms with Gasteiger partial charge in [-0.2, -0.15) is 0 Å². The Balaban J connectivity index is 0.00000196. The second-order valence-corrected chi connectivity index (χ2v) is 7.56. The van der Waals surface area contributed by atoms with Gasteiger partial charge in [0.25, 0.3) is 0 Å². The number of rotatable bonds is 5. The Morgan fingerprint density at radius 1 is 1.14 bits per heavy atom. The molecule has 4 nitrogen and oxygen atoms in total. The van der Waals surface area contributed by atoms with Crippen molar-refractivity contribution in [1.82, 2.24) is 4.90 Å². The zero-order chi connectivity index (χ0) is 18.5. The lowest BCUT2D eigenvalue weighted by molar-refractivity contribution is -0.117. The topological polar surface area (TPSA) is 58.4 Å². The number of amides is 1. The summed E-state index contributed by atoms with van der Waals surface area (Å²) in [5, 5.41) is 2.92. The molecule has 2 unspecified atom stereocenters. The van der Waals surface area contributed by atoms with Crippen molar-refractivity contribution in [1.29, 1.82) is 0 Å². The summed E-state index contributed by atoms with van der Waals surface area (Å²) < 4.78 is 0. The molecular weight excluding hydrogens is 393 g/mol. The maximum absolute atomic E-state index is 12.4. The molecule has 0 aromatic heterocycles. The zero-order valence-corrected chi connectivity index (χ0v) is 18.2. The zero-order valence-electron chi connectivity index (χ0n) is 16.6. The third-order valence-corrected chi connectivity index (χ3v) is 5.09. The first-order chi connectivity index (χ1) is 12.5. The number of nitrogens with zero attached hydrogens (tertiary/aromatic N) is 1. The van der Waals surface area contributed by atoms with Gasteiger partial charge in [-0.1, -0.05) is 48.9 Å². The molecular formula is C22H31Cl2N3O. The predicted octanol–water partition coefficient (Wildman–Crippen LogP) is 4.71. The van der Waals surface area contributed by atoms with Gasteiger partial charge in [-0.05, 0) is 55.5 Å². The van der Waals surface area contributed by atoms with Crippen LogP contribution in [0.4, 0.5) is 5.69 Å². The summed E-state index contributed by atoms with van der Waals surface area (Å²) in [5.41, 5.74) is 10.1. The van der Waals surface area contributed by atoms with Crippen LogP contribution in [-0.2, 0) is 11.3 Å². The number of halogens is 2. The number of nitrogens with one attached hydrogen (secondary N) is 1. The van der Waals surface area contributed by atoms with Gasteiger partial charge in [0.1, 0.15) is 6.04 Å². The van der Waals surface area contributed by atoms with Crippen molar-refractivity contribution in [3.8, 4) is 0 Å². The number of carbonyl (C=O) groups excluding carboxylic acids is 1. The molecule has 0 aliphatic carbocycles. The second-order valence-electron chi connectivity index (χ2n) is 7.56. The van der Waals surface area contributed by atoms with Gasteiger partial charge < -0.3 is 11.1 Å². The molecule has 0 spiro atoms. The molecule has 154 valence electrons. The van der Waals surface area contributed by atoms with Gasteiger partial charge in [0.05, 0.1) is 0 Å². The molecule has 1 aliphatic rings. The summed E-state index contributed by atoms with van der Waals surface area (Å²) in [7, 11) is 0. The quantitative estimate of drug-likeness (QED) is 0.731. The van der Waals surface area contributed by atoms with Crippen LogP contribution in [0.3, 0.4) is 0 Å². The first kappa shape index (κ1) is 24.4. The number of nitrogens with two attached hydrogens (primary N) is 1. The minimum absolute atomic E-state index is 0. The fourth-order valence-corrected chi connectivity index (χ4v) is 3.53. The molecule has 1 saturated heterocycles. The average molecular weight is 424 g/mol. The minimum Gasteiger partial charge on any atom is -0.324 e. The number of aryl methyl sites for hydroxylation is 1. The van der Waals surface area contributed by atoms with E-state index in [1.165, 1.54) is 31.5 Å². The Kier molecular flexibility index (Phi) is 9.97. The van der Waals surface area contributed by atoms with Crippen molar-refractivity contribution in [3.63, 3.8) is 0 Å². The average Bonchev–Trinajstić information content (AvgIpc) is 2.63. The number of anilines is 1. The summed E-state index contributed by atoms with van der Waals surface area (Å²) in [4.78, 5) is 14.9. The molecule has 3 rings (SSSR count). The highest BCUT2D eigenvalue weighted by atomic mass is 35.5. The van der Waals surface area contributed by atoms with E-state index in [0.29, 0.717) is 0 Å². The van der Waals surface area contributed by atoms with Gasteiger partial charge in [-0.15, -0.1) is 24.8 Å². The van der Waals surface area contributed by atoms with Crippen molar-refractivity contribution in [2.24, 2.45) is 11.7 Å². The Morgan fingerprint density at radius 2 is 1.79 bits per heavy atom. The Bertz CT molecular complexity index is 734. The molecule has 0 radical (unpaired) electrons. The van der Waals surface area contributed by atoms with E-state index < -0.39 is 6.04 Å². The van der Waals surface area contributed by atoms with Crippen LogP contribution in [0, 0.1) is 12.8 Å². The van der Waals surface area contributed by atoms with E-state index in [9.17, 15) is 4.79 Å². The first-order valence-corrected chi connectivity index (χ1v) is 9.45. The van der Waals surface area contributed by atoms with Crippen LogP contribution >= 0.6 is 24.8 Å². The van der Waals surface area contributed by atoms with E-state index in [4.69, 9.17) is 5.73 Å². The fourth-order valence-electron chi connectivity index (χ4n) is 3.53. The van der Waals surface area contributed by atoms with Crippen LogP contribution in [0.1, 0.15) is 42.5 Å². The van der Waals surface area contributed by atoms with Gasteiger partial charge in [0.15, 0.2) is 0 Å². The normalized spacial score (nSPS) is 17.8. The number of benzene rings is 2. The number of carbonyl (C=O) groups is 1. The molecule has 1 amide bonds. The van der Waals surface area contributed by atoms with E-state index in [1.807, 2.05) is 43.3 Å². The standard InChI is InChI=1S/C22H29N3O.2ClH/c1-16-5-9-19(10-6-16)21(23)22(26)24-20-11-7-18(8-12-20)15-25-13-3-4-17(2)14-25;;/h5-12,17,21H,3-4,13-15,23H2,1-2H3,(H,24,26);2*1H. The van der Waals surface area contributed by atoms with E-state index in [1.54, 1.807) is 0 Å². The van der Waals surface area contributed by atoms with Crippen LogP contribution < -0.4 is 11.1 Å². The molecule has 2 aromatic rings. The fraction of sp³-hybridized carbons (Fsp3) is 0.409. The third kappa shape index (κ3) is 6.78. The van der Waals surface area contributed by atoms with Crippen molar-refractivity contribution >= 4 is 36.4 Å². The highest BCUT2D eigenvalue weighted by Gasteiger charge is 2.17. The molecule has 0 saturated carbocycles. The number of likely N-dealkylation sites (tertiary alicyclic amines) is 1. The molecule has 6 heteroatoms. The lowest BCUT2D eigenvalue weighted by Crippen LogP contribution is -2.33. The van der Waals surface area contributed by atoms with Crippen LogP contribution in [0.25, 0.3) is 0 Å². The Hall–Kier alpha value is -1.59. The summed E-state index contributed by atoms with van der Waals surface area (Å²) in [5.74, 6) is 0.594. The summed E-state index contributed by atoms with van der Waals surface area (Å²) in [6, 6.07) is 15.2. The SMILES string of the molecule is Cc1ccc(C(N)C(=O)Nc2ccc(CN3CCCC(C)C3)cc2)cc1.Cl.Cl. The monoisotopic (exact) mass is 423 g/mol. The highest BCUT2D eigenvalue weighted by molar-refractivity contribution is 5.95. The lowest BCUT2D eigenvalue weighted by atomic mass is 10.00. The Labute approximate surface area is 180 Å². The number of hydrogen-bond donors (Lipinski definition) is 2. The second kappa shape index (κ2) is 11.4. The van der Waals surface area contributed by atoms with E-state index in [0.717, 1.165) is 29.3 Å². The van der Waals surface area contributed by atoms with E-state index >= 15 is 0 Å². The van der Waals surface area contributed by atoms with Gasteiger partial charge >= 0.3 is 0 Å². The lowest BCUT2D eigenvalue weighted by Gasteiger charge is -2.30. The van der Waals surface area contributed by atoms with Crippen molar-refractivity contribution in [2.75, 3.05) is 18.4 Å². The first-order valence-electron chi connectivity index (χ1n) is 9.45. The van der Waals surface area contributed by atoms with E-state index in [-0.39, 0.29) is 30.7 Å². The minimum atomic E-state index is -0.662. The summed E-state index contributed by atoms with van der Waals surface area (Å²) in [6.45, 7) is 7.66. The molecule has 28 heavy (non-hydrogen) atoms. The van der Waals surface area contributed by atoms with Crippen LogP contribution in [-0.4, -0.2) is 23.9 Å². The van der Waals surface area contributed by atoms with E-state index in [2.05, 4.69) is 29.3 Å². The summed E-state index contributed by atoms with van der Waals surface area (Å²) >= 11 is 0. The maximum Gasteiger partial charge on any atom is 0.245 e. The molecule has 1 fully saturated rings. The number of hydrogen-bond acceptors (Lipinski definition) is 3.